The third kappa shape index (κ3) is 2.45. The van der Waals surface area contributed by atoms with Crippen LogP contribution in [0.2, 0.25) is 0 Å². The van der Waals surface area contributed by atoms with E-state index < -0.39 is 0 Å². The Morgan fingerprint density at radius 2 is 1.88 bits per heavy atom. The second-order valence-corrected chi connectivity index (χ2v) is 3.59. The zero-order chi connectivity index (χ0) is 11.4. The second kappa shape index (κ2) is 4.57. The summed E-state index contributed by atoms with van der Waals surface area (Å²) in [5.74, 6) is -0.111. The van der Waals surface area contributed by atoms with E-state index in [1.54, 1.807) is 23.1 Å². The van der Waals surface area contributed by atoms with Gasteiger partial charge < -0.3 is 0 Å². The first-order valence-corrected chi connectivity index (χ1v) is 5.10. The number of aryl methyl sites for hydroxylation is 1. The Kier molecular flexibility index (Phi) is 2.96. The number of nitrogens with zero attached hydrogens (tertiary/aromatic N) is 1. The van der Waals surface area contributed by atoms with Gasteiger partial charge >= 0.3 is 5.91 Å². The molecule has 3 nitrogen and oxygen atoms in total. The van der Waals surface area contributed by atoms with Crippen molar-refractivity contribution in [3.8, 4) is 0 Å². The molecule has 1 amide bonds. The Balaban J connectivity index is 2.15. The fourth-order valence-electron chi connectivity index (χ4n) is 1.44. The summed E-state index contributed by atoms with van der Waals surface area (Å²) in [6.07, 6.45) is 3.57. The highest BCUT2D eigenvalue weighted by molar-refractivity contribution is 5.98. The topological polar surface area (TPSA) is 33.0 Å². The molecule has 0 atom stereocenters. The predicted octanol–water partition coefficient (Wildman–Crippen LogP) is 1.67. The zero-order valence-corrected chi connectivity index (χ0v) is 9.05. The van der Waals surface area contributed by atoms with Crippen molar-refractivity contribution in [2.45, 2.75) is 6.92 Å². The quantitative estimate of drug-likeness (QED) is 0.756. The minimum atomic E-state index is -0.111. The van der Waals surface area contributed by atoms with Crippen LogP contribution in [-0.2, 0) is 0 Å². The van der Waals surface area contributed by atoms with Crippen LogP contribution in [0.4, 0.5) is 0 Å². The van der Waals surface area contributed by atoms with Gasteiger partial charge in [-0.25, -0.2) is 0 Å². The molecule has 0 aliphatic carbocycles. The van der Waals surface area contributed by atoms with Gasteiger partial charge in [-0.1, -0.05) is 28.4 Å². The molecular formula is C13H13N2O+. The number of pyridine rings is 1. The lowest BCUT2D eigenvalue weighted by Gasteiger charge is -2.00. The number of benzene rings is 1. The van der Waals surface area contributed by atoms with Gasteiger partial charge in [-0.05, 0) is 19.1 Å². The summed E-state index contributed by atoms with van der Waals surface area (Å²) in [5, 5.41) is 0. The molecule has 0 saturated carbocycles. The summed E-state index contributed by atoms with van der Waals surface area (Å²) in [5.41, 5.74) is 4.50. The predicted molar refractivity (Wildman–Crippen MR) is 61.5 cm³/mol. The highest BCUT2D eigenvalue weighted by Gasteiger charge is 2.09. The number of amides is 1. The largest absolute Gasteiger partial charge is 0.305 e. The summed E-state index contributed by atoms with van der Waals surface area (Å²) >= 11 is 0. The number of aromatic nitrogens is 1. The zero-order valence-electron chi connectivity index (χ0n) is 9.05. The van der Waals surface area contributed by atoms with Crippen LogP contribution in [0.5, 0.6) is 0 Å². The highest BCUT2D eigenvalue weighted by atomic mass is 16.2. The first kappa shape index (κ1) is 10.4. The van der Waals surface area contributed by atoms with Crippen molar-refractivity contribution in [1.29, 1.82) is 0 Å². The van der Waals surface area contributed by atoms with E-state index in [1.165, 1.54) is 0 Å². The summed E-state index contributed by atoms with van der Waals surface area (Å²) in [7, 11) is 0. The molecule has 0 aliphatic rings. The smallest absolute Gasteiger partial charge is 0.264 e. The Morgan fingerprint density at radius 1 is 1.12 bits per heavy atom. The molecule has 1 aromatic carbocycles. The van der Waals surface area contributed by atoms with E-state index in [9.17, 15) is 4.79 Å². The molecule has 16 heavy (non-hydrogen) atoms. The van der Waals surface area contributed by atoms with Crippen molar-refractivity contribution in [3.63, 3.8) is 0 Å². The van der Waals surface area contributed by atoms with Crippen LogP contribution in [0.1, 0.15) is 15.9 Å². The average Bonchev–Trinajstić information content (AvgIpc) is 2.30. The van der Waals surface area contributed by atoms with Gasteiger partial charge in [-0.15, -0.1) is 5.43 Å². The lowest BCUT2D eigenvalue weighted by molar-refractivity contribution is -0.641. The lowest BCUT2D eigenvalue weighted by Crippen LogP contribution is -2.47. The van der Waals surface area contributed by atoms with Crippen molar-refractivity contribution in [2.24, 2.45) is 0 Å². The van der Waals surface area contributed by atoms with Gasteiger partial charge in [-0.3, -0.25) is 4.79 Å². The van der Waals surface area contributed by atoms with E-state index in [4.69, 9.17) is 0 Å². The van der Waals surface area contributed by atoms with Gasteiger partial charge in [0.25, 0.3) is 0 Å². The second-order valence-electron chi connectivity index (χ2n) is 3.59. The van der Waals surface area contributed by atoms with Crippen LogP contribution in [-0.4, -0.2) is 5.91 Å². The number of carbonyl (C=O) groups is 1. The highest BCUT2D eigenvalue weighted by Crippen LogP contribution is 2.03. The molecule has 0 saturated heterocycles. The van der Waals surface area contributed by atoms with Crippen molar-refractivity contribution in [1.82, 2.24) is 0 Å². The van der Waals surface area contributed by atoms with Crippen LogP contribution >= 0.6 is 0 Å². The lowest BCUT2D eigenvalue weighted by atomic mass is 10.1. The van der Waals surface area contributed by atoms with E-state index in [1.807, 2.05) is 43.3 Å². The third-order valence-electron chi connectivity index (χ3n) is 2.23. The molecule has 0 spiro atoms. The number of carbonyl (C=O) groups excluding carboxylic acids is 1. The molecule has 0 radical (unpaired) electrons. The molecule has 0 fully saturated rings. The van der Waals surface area contributed by atoms with Crippen LogP contribution in [0.15, 0.2) is 54.9 Å². The number of rotatable bonds is 2. The first-order valence-electron chi connectivity index (χ1n) is 5.10. The van der Waals surface area contributed by atoms with Gasteiger partial charge in [0.2, 0.25) is 0 Å². The van der Waals surface area contributed by atoms with Crippen molar-refractivity contribution < 1.29 is 9.47 Å². The fraction of sp³-hybridized carbons (Fsp3) is 0.0769. The summed E-state index contributed by atoms with van der Waals surface area (Å²) in [6, 6.07) is 13.1. The van der Waals surface area contributed by atoms with Crippen LogP contribution < -0.4 is 10.1 Å². The maximum atomic E-state index is 11.8. The maximum absolute atomic E-state index is 11.8. The molecule has 0 unspecified atom stereocenters. The summed E-state index contributed by atoms with van der Waals surface area (Å²) in [4.78, 5) is 11.8. The molecular weight excluding hydrogens is 200 g/mol. The van der Waals surface area contributed by atoms with E-state index in [0.29, 0.717) is 5.56 Å². The van der Waals surface area contributed by atoms with Crippen molar-refractivity contribution >= 4 is 5.91 Å². The molecule has 0 bridgehead atoms. The Morgan fingerprint density at radius 3 is 2.56 bits per heavy atom. The Labute approximate surface area is 94.3 Å². The fourth-order valence-corrected chi connectivity index (χ4v) is 1.44. The minimum absolute atomic E-state index is 0.111. The Hall–Kier alpha value is -2.16. The number of nitrogens with one attached hydrogen (secondary N) is 1. The van der Waals surface area contributed by atoms with E-state index in [-0.39, 0.29) is 5.91 Å². The monoisotopic (exact) mass is 213 g/mol. The van der Waals surface area contributed by atoms with Crippen LogP contribution in [0.25, 0.3) is 0 Å². The van der Waals surface area contributed by atoms with Crippen molar-refractivity contribution in [3.05, 3.63) is 66.0 Å². The third-order valence-corrected chi connectivity index (χ3v) is 2.23. The molecule has 1 aromatic heterocycles. The van der Waals surface area contributed by atoms with Gasteiger partial charge in [0.15, 0.2) is 12.4 Å². The molecule has 80 valence electrons. The van der Waals surface area contributed by atoms with Crippen molar-refractivity contribution in [2.75, 3.05) is 5.43 Å². The van der Waals surface area contributed by atoms with Gasteiger partial charge in [0, 0.05) is 17.7 Å². The molecule has 1 N–H and O–H groups in total. The molecule has 1 heterocycles. The van der Waals surface area contributed by atoms with Crippen LogP contribution in [0.3, 0.4) is 0 Å². The standard InChI is InChI=1S/C13H12N2O/c1-11-6-5-7-12(10-11)13(16)14-15-8-3-2-4-9-15/h2-10H,1H3/p+1. The van der Waals surface area contributed by atoms with Crippen LogP contribution in [0, 0.1) is 6.92 Å². The van der Waals surface area contributed by atoms with Gasteiger partial charge in [0.1, 0.15) is 0 Å². The molecule has 2 rings (SSSR count). The Bertz CT molecular complexity index is 494. The average molecular weight is 213 g/mol. The van der Waals surface area contributed by atoms with Gasteiger partial charge in [-0.2, -0.15) is 0 Å². The van der Waals surface area contributed by atoms with E-state index in [2.05, 4.69) is 5.43 Å². The minimum Gasteiger partial charge on any atom is -0.264 e. The van der Waals surface area contributed by atoms with E-state index >= 15 is 0 Å². The number of hydrogen-bond acceptors (Lipinski definition) is 1. The molecule has 3 heteroatoms. The van der Waals surface area contributed by atoms with E-state index in [0.717, 1.165) is 5.56 Å². The summed E-state index contributed by atoms with van der Waals surface area (Å²) < 4.78 is 1.63. The maximum Gasteiger partial charge on any atom is 0.305 e. The summed E-state index contributed by atoms with van der Waals surface area (Å²) in [6.45, 7) is 1.96. The molecule has 0 aliphatic heterocycles. The molecule has 2 aromatic rings. The normalized spacial score (nSPS) is 9.81. The number of hydrogen-bond donors (Lipinski definition) is 1. The van der Waals surface area contributed by atoms with Gasteiger partial charge in [0.05, 0.1) is 0 Å². The SMILES string of the molecule is Cc1cccc(C(=O)N[n+]2ccccc2)c1. The first-order chi connectivity index (χ1) is 7.75.